The predicted molar refractivity (Wildman–Crippen MR) is 107 cm³/mol. The minimum atomic E-state index is 0.537. The minimum Gasteiger partial charge on any atom is -0.487 e. The first-order valence-corrected chi connectivity index (χ1v) is 9.56. The van der Waals surface area contributed by atoms with Gasteiger partial charge < -0.3 is 10.1 Å². The number of aromatic nitrogens is 1. The van der Waals surface area contributed by atoms with E-state index in [1.807, 2.05) is 42.6 Å². The molecule has 0 atom stereocenters. The molecule has 3 aromatic rings. The molecule has 1 N–H and O–H groups in total. The first-order chi connectivity index (χ1) is 12.2. The van der Waals surface area contributed by atoms with Gasteiger partial charge in [-0.15, -0.1) is 0 Å². The second-order valence-electron chi connectivity index (χ2n) is 5.59. The third-order valence-electron chi connectivity index (χ3n) is 3.65. The number of hydrogen-bond acceptors (Lipinski definition) is 3. The van der Waals surface area contributed by atoms with Crippen molar-refractivity contribution in [1.29, 1.82) is 0 Å². The number of ether oxygens (including phenoxy) is 1. The second-order valence-corrected chi connectivity index (χ2v) is 7.30. The van der Waals surface area contributed by atoms with Crippen LogP contribution in [0.5, 0.6) is 5.75 Å². The first kappa shape index (κ1) is 18.1. The molecule has 0 aliphatic rings. The molecule has 5 heteroatoms. The Balaban J connectivity index is 1.59. The van der Waals surface area contributed by atoms with Crippen LogP contribution in [0, 0.1) is 0 Å². The molecule has 0 spiro atoms. The number of halogens is 2. The number of pyridine rings is 1. The maximum Gasteiger partial charge on any atom is 0.148 e. The van der Waals surface area contributed by atoms with E-state index in [1.165, 1.54) is 5.56 Å². The average molecular weight is 462 g/mol. The van der Waals surface area contributed by atoms with E-state index in [2.05, 4.69) is 66.4 Å². The molecule has 1 aromatic heterocycles. The molecule has 0 bridgehead atoms. The zero-order valence-electron chi connectivity index (χ0n) is 13.6. The third-order valence-corrected chi connectivity index (χ3v) is 4.82. The number of benzene rings is 2. The molecule has 0 fully saturated rings. The average Bonchev–Trinajstić information content (AvgIpc) is 2.63. The van der Waals surface area contributed by atoms with Crippen LogP contribution in [0.15, 0.2) is 75.8 Å². The van der Waals surface area contributed by atoms with E-state index in [-0.39, 0.29) is 0 Å². The Morgan fingerprint density at radius 1 is 0.840 bits per heavy atom. The topological polar surface area (TPSA) is 34.2 Å². The van der Waals surface area contributed by atoms with Gasteiger partial charge in [0, 0.05) is 19.3 Å². The highest BCUT2D eigenvalue weighted by Gasteiger charge is 2.09. The van der Waals surface area contributed by atoms with Crippen LogP contribution in [0.2, 0.25) is 0 Å². The highest BCUT2D eigenvalue weighted by Crippen LogP contribution is 2.35. The number of nitrogens with one attached hydrogen (secondary N) is 1. The van der Waals surface area contributed by atoms with Gasteiger partial charge in [0.05, 0.1) is 14.6 Å². The van der Waals surface area contributed by atoms with E-state index < -0.39 is 0 Å². The van der Waals surface area contributed by atoms with E-state index in [0.29, 0.717) is 6.61 Å². The van der Waals surface area contributed by atoms with Crippen LogP contribution in [0.1, 0.15) is 16.8 Å². The lowest BCUT2D eigenvalue weighted by Crippen LogP contribution is -2.13. The molecule has 128 valence electrons. The SMILES string of the molecule is Brc1cc(CNCc2ccccn2)cc(Br)c1OCc1ccccc1. The van der Waals surface area contributed by atoms with Crippen molar-refractivity contribution >= 4 is 31.9 Å². The van der Waals surface area contributed by atoms with Crippen molar-refractivity contribution in [2.24, 2.45) is 0 Å². The van der Waals surface area contributed by atoms with Gasteiger partial charge in [0.2, 0.25) is 0 Å². The van der Waals surface area contributed by atoms with Crippen LogP contribution in [0.25, 0.3) is 0 Å². The summed E-state index contributed by atoms with van der Waals surface area (Å²) in [6.07, 6.45) is 1.81. The molecule has 3 rings (SSSR count). The summed E-state index contributed by atoms with van der Waals surface area (Å²) in [5, 5.41) is 3.40. The minimum absolute atomic E-state index is 0.537. The molecule has 0 unspecified atom stereocenters. The highest BCUT2D eigenvalue weighted by molar-refractivity contribution is 9.11. The Labute approximate surface area is 164 Å². The normalized spacial score (nSPS) is 10.6. The van der Waals surface area contributed by atoms with E-state index in [0.717, 1.165) is 39.0 Å². The Morgan fingerprint density at radius 3 is 2.24 bits per heavy atom. The molecule has 0 saturated heterocycles. The Kier molecular flexibility index (Phi) is 6.62. The molecule has 2 aromatic carbocycles. The molecule has 0 amide bonds. The van der Waals surface area contributed by atoms with E-state index >= 15 is 0 Å². The molecule has 25 heavy (non-hydrogen) atoms. The first-order valence-electron chi connectivity index (χ1n) is 7.97. The van der Waals surface area contributed by atoms with Crippen molar-refractivity contribution in [3.8, 4) is 5.75 Å². The fourth-order valence-electron chi connectivity index (χ4n) is 2.42. The molecule has 0 aliphatic heterocycles. The Morgan fingerprint density at radius 2 is 1.56 bits per heavy atom. The van der Waals surface area contributed by atoms with Crippen molar-refractivity contribution in [1.82, 2.24) is 10.3 Å². The van der Waals surface area contributed by atoms with Crippen molar-refractivity contribution in [2.45, 2.75) is 19.7 Å². The van der Waals surface area contributed by atoms with Gasteiger partial charge in [-0.1, -0.05) is 36.4 Å². The van der Waals surface area contributed by atoms with Crippen LogP contribution < -0.4 is 10.1 Å². The molecule has 0 aliphatic carbocycles. The Hall–Kier alpha value is -1.69. The quantitative estimate of drug-likeness (QED) is 0.506. The monoisotopic (exact) mass is 460 g/mol. The largest absolute Gasteiger partial charge is 0.487 e. The summed E-state index contributed by atoms with van der Waals surface area (Å²) in [6, 6.07) is 20.2. The lowest BCUT2D eigenvalue weighted by molar-refractivity contribution is 0.302. The lowest BCUT2D eigenvalue weighted by atomic mass is 10.2. The maximum atomic E-state index is 5.96. The van der Waals surface area contributed by atoms with E-state index in [9.17, 15) is 0 Å². The summed E-state index contributed by atoms with van der Waals surface area (Å²) in [6.45, 7) is 2.03. The van der Waals surface area contributed by atoms with Gasteiger partial charge in [0.1, 0.15) is 12.4 Å². The lowest BCUT2D eigenvalue weighted by Gasteiger charge is -2.13. The van der Waals surface area contributed by atoms with Gasteiger partial charge in [0.25, 0.3) is 0 Å². The van der Waals surface area contributed by atoms with Crippen molar-refractivity contribution in [3.63, 3.8) is 0 Å². The number of rotatable bonds is 7. The zero-order valence-corrected chi connectivity index (χ0v) is 16.8. The van der Waals surface area contributed by atoms with Crippen molar-refractivity contribution in [3.05, 3.63) is 92.6 Å². The summed E-state index contributed by atoms with van der Waals surface area (Å²) in [5.74, 6) is 0.817. The maximum absolute atomic E-state index is 5.96. The van der Waals surface area contributed by atoms with Gasteiger partial charge >= 0.3 is 0 Å². The van der Waals surface area contributed by atoms with Crippen LogP contribution in [-0.4, -0.2) is 4.98 Å². The van der Waals surface area contributed by atoms with Gasteiger partial charge in [-0.25, -0.2) is 0 Å². The van der Waals surface area contributed by atoms with Gasteiger partial charge in [-0.3, -0.25) is 4.98 Å². The number of nitrogens with zero attached hydrogens (tertiary/aromatic N) is 1. The van der Waals surface area contributed by atoms with Crippen LogP contribution in [-0.2, 0) is 19.7 Å². The van der Waals surface area contributed by atoms with Crippen LogP contribution >= 0.6 is 31.9 Å². The Bertz CT molecular complexity index is 787. The molecule has 0 radical (unpaired) electrons. The molecule has 3 nitrogen and oxygen atoms in total. The second kappa shape index (κ2) is 9.13. The van der Waals surface area contributed by atoms with Gasteiger partial charge in [-0.05, 0) is 67.3 Å². The fourth-order valence-corrected chi connectivity index (χ4v) is 3.93. The summed E-state index contributed by atoms with van der Waals surface area (Å²) in [4.78, 5) is 4.31. The van der Waals surface area contributed by atoms with Crippen molar-refractivity contribution in [2.75, 3.05) is 0 Å². The van der Waals surface area contributed by atoms with Crippen LogP contribution in [0.3, 0.4) is 0 Å². The smallest absolute Gasteiger partial charge is 0.148 e. The molecule has 0 saturated carbocycles. The number of hydrogen-bond donors (Lipinski definition) is 1. The molecular formula is C20H18Br2N2O. The summed E-state index contributed by atoms with van der Waals surface area (Å²) >= 11 is 7.23. The predicted octanol–water partition coefficient (Wildman–Crippen LogP) is 5.48. The fraction of sp³-hybridized carbons (Fsp3) is 0.150. The highest BCUT2D eigenvalue weighted by atomic mass is 79.9. The summed E-state index contributed by atoms with van der Waals surface area (Å²) in [5.41, 5.74) is 3.34. The van der Waals surface area contributed by atoms with Crippen molar-refractivity contribution < 1.29 is 4.74 Å². The zero-order chi connectivity index (χ0) is 17.5. The standard InChI is InChI=1S/C20H18Br2N2O/c21-18-10-16(12-23-13-17-8-4-5-9-24-17)11-19(22)20(18)25-14-15-6-2-1-3-7-15/h1-11,23H,12-14H2. The molecular weight excluding hydrogens is 444 g/mol. The van der Waals surface area contributed by atoms with E-state index in [1.54, 1.807) is 0 Å². The van der Waals surface area contributed by atoms with Crippen LogP contribution in [0.4, 0.5) is 0 Å². The third kappa shape index (κ3) is 5.39. The summed E-state index contributed by atoms with van der Waals surface area (Å²) < 4.78 is 7.83. The summed E-state index contributed by atoms with van der Waals surface area (Å²) in [7, 11) is 0. The van der Waals surface area contributed by atoms with Gasteiger partial charge in [0.15, 0.2) is 0 Å². The molecule has 1 heterocycles. The van der Waals surface area contributed by atoms with Gasteiger partial charge in [-0.2, -0.15) is 0 Å². The van der Waals surface area contributed by atoms with E-state index in [4.69, 9.17) is 4.74 Å².